The van der Waals surface area contributed by atoms with Crippen LogP contribution in [0.4, 0.5) is 0 Å². The largest absolute Gasteiger partial charge is 0.469 e. The maximum Gasteiger partial charge on any atom is 0.305 e. The van der Waals surface area contributed by atoms with Crippen LogP contribution in [-0.2, 0) is 23.9 Å². The highest BCUT2D eigenvalue weighted by Crippen LogP contribution is 2.36. The van der Waals surface area contributed by atoms with E-state index in [0.29, 0.717) is 12.8 Å². The topological polar surface area (TPSA) is 89.9 Å². The summed E-state index contributed by atoms with van der Waals surface area (Å²) in [6.45, 7) is 3.48. The molecule has 0 bridgehead atoms. The first-order valence-corrected chi connectivity index (χ1v) is 11.0. The summed E-state index contributed by atoms with van der Waals surface area (Å²) in [5.41, 5.74) is 0. The van der Waals surface area contributed by atoms with E-state index in [9.17, 15) is 19.5 Å². The Balaban J connectivity index is 2.58. The average molecular weight is 411 g/mol. The number of esters is 2. The van der Waals surface area contributed by atoms with Gasteiger partial charge in [-0.15, -0.1) is 0 Å². The summed E-state index contributed by atoms with van der Waals surface area (Å²) < 4.78 is 10.0. The second-order valence-corrected chi connectivity index (χ2v) is 7.98. The number of rotatable bonds is 14. The Morgan fingerprint density at radius 2 is 1.90 bits per heavy atom. The fourth-order valence-electron chi connectivity index (χ4n) is 3.95. The molecule has 0 aromatic rings. The van der Waals surface area contributed by atoms with Gasteiger partial charge in [0.25, 0.3) is 0 Å². The third kappa shape index (κ3) is 10.1. The van der Waals surface area contributed by atoms with E-state index in [1.54, 1.807) is 6.08 Å². The lowest BCUT2D eigenvalue weighted by Crippen LogP contribution is -2.23. The molecule has 0 spiro atoms. The Hall–Kier alpha value is -1.69. The van der Waals surface area contributed by atoms with E-state index in [1.165, 1.54) is 14.0 Å². The van der Waals surface area contributed by atoms with Gasteiger partial charge in [-0.05, 0) is 19.3 Å². The molecule has 0 radical (unpaired) electrons. The molecule has 0 aromatic heterocycles. The number of carbonyl (C=O) groups is 3. The van der Waals surface area contributed by atoms with Crippen LogP contribution in [-0.4, -0.2) is 42.1 Å². The summed E-state index contributed by atoms with van der Waals surface area (Å²) in [6, 6.07) is 0. The number of methoxy groups -OCH3 is 1. The van der Waals surface area contributed by atoms with Crippen molar-refractivity contribution in [3.63, 3.8) is 0 Å². The molecular formula is C23H38O6. The predicted molar refractivity (Wildman–Crippen MR) is 111 cm³/mol. The van der Waals surface area contributed by atoms with Crippen LogP contribution in [0.5, 0.6) is 0 Å². The lowest BCUT2D eigenvalue weighted by molar-refractivity contribution is -0.147. The summed E-state index contributed by atoms with van der Waals surface area (Å²) in [5, 5.41) is 10.2. The first-order chi connectivity index (χ1) is 13.9. The lowest BCUT2D eigenvalue weighted by atomic mass is 9.88. The molecule has 29 heavy (non-hydrogen) atoms. The molecule has 0 amide bonds. The van der Waals surface area contributed by atoms with Gasteiger partial charge in [0.15, 0.2) is 0 Å². The molecular weight excluding hydrogens is 372 g/mol. The molecule has 6 nitrogen and oxygen atoms in total. The van der Waals surface area contributed by atoms with Crippen molar-refractivity contribution in [3.05, 3.63) is 12.2 Å². The minimum Gasteiger partial charge on any atom is -0.469 e. The molecule has 1 saturated carbocycles. The quantitative estimate of drug-likeness (QED) is 0.263. The van der Waals surface area contributed by atoms with Crippen LogP contribution >= 0.6 is 0 Å². The first-order valence-electron chi connectivity index (χ1n) is 11.0. The van der Waals surface area contributed by atoms with E-state index in [0.717, 1.165) is 51.4 Å². The van der Waals surface area contributed by atoms with Gasteiger partial charge in [0.05, 0.1) is 13.2 Å². The van der Waals surface area contributed by atoms with Crippen LogP contribution < -0.4 is 0 Å². The molecule has 0 aliphatic heterocycles. The highest BCUT2D eigenvalue weighted by atomic mass is 16.5. The number of hydrogen-bond acceptors (Lipinski definition) is 6. The summed E-state index contributed by atoms with van der Waals surface area (Å²) in [5.74, 6) is -0.807. The van der Waals surface area contributed by atoms with Gasteiger partial charge < -0.3 is 14.6 Å². The summed E-state index contributed by atoms with van der Waals surface area (Å²) in [6.07, 6.45) is 11.5. The van der Waals surface area contributed by atoms with Crippen molar-refractivity contribution in [1.29, 1.82) is 0 Å². The summed E-state index contributed by atoms with van der Waals surface area (Å²) >= 11 is 0. The van der Waals surface area contributed by atoms with Crippen molar-refractivity contribution in [2.45, 2.75) is 96.7 Å². The Morgan fingerprint density at radius 1 is 1.17 bits per heavy atom. The van der Waals surface area contributed by atoms with Crippen LogP contribution in [0.3, 0.4) is 0 Å². The van der Waals surface area contributed by atoms with Crippen LogP contribution in [0.2, 0.25) is 0 Å². The second-order valence-electron chi connectivity index (χ2n) is 7.98. The number of Topliss-reactive ketones (excluding diaryl/α,β-unsaturated/α-hetero) is 1. The van der Waals surface area contributed by atoms with Crippen molar-refractivity contribution in [2.75, 3.05) is 7.11 Å². The molecule has 1 N–H and O–H groups in total. The number of ether oxygens (including phenoxy) is 2. The number of unbranched alkanes of at least 4 members (excludes halogenated alkanes) is 5. The molecule has 4 atom stereocenters. The van der Waals surface area contributed by atoms with Crippen molar-refractivity contribution >= 4 is 17.7 Å². The van der Waals surface area contributed by atoms with Crippen LogP contribution in [0, 0.1) is 11.8 Å². The van der Waals surface area contributed by atoms with Crippen LogP contribution in [0.15, 0.2) is 12.2 Å². The molecule has 166 valence electrons. The minimum atomic E-state index is -0.533. The van der Waals surface area contributed by atoms with Gasteiger partial charge in [0, 0.05) is 31.6 Å². The van der Waals surface area contributed by atoms with Crippen LogP contribution in [0.25, 0.3) is 0 Å². The van der Waals surface area contributed by atoms with Gasteiger partial charge in [0.1, 0.15) is 11.9 Å². The fourth-order valence-corrected chi connectivity index (χ4v) is 3.95. The third-order valence-corrected chi connectivity index (χ3v) is 5.56. The zero-order valence-electron chi connectivity index (χ0n) is 18.2. The van der Waals surface area contributed by atoms with E-state index >= 15 is 0 Å². The van der Waals surface area contributed by atoms with Gasteiger partial charge in [-0.25, -0.2) is 0 Å². The zero-order valence-corrected chi connectivity index (χ0v) is 18.2. The van der Waals surface area contributed by atoms with Gasteiger partial charge >= 0.3 is 11.9 Å². The molecule has 4 unspecified atom stereocenters. The zero-order chi connectivity index (χ0) is 21.6. The highest BCUT2D eigenvalue weighted by molar-refractivity contribution is 5.85. The van der Waals surface area contributed by atoms with Gasteiger partial charge in [-0.3, -0.25) is 14.4 Å². The monoisotopic (exact) mass is 410 g/mol. The second kappa shape index (κ2) is 14.3. The van der Waals surface area contributed by atoms with Gasteiger partial charge in [-0.2, -0.15) is 0 Å². The fraction of sp³-hybridized carbons (Fsp3) is 0.783. The van der Waals surface area contributed by atoms with E-state index in [2.05, 4.69) is 11.7 Å². The normalized spacial score (nSPS) is 22.8. The molecule has 0 heterocycles. The number of aliphatic hydroxyl groups excluding tert-OH is 1. The molecule has 1 fully saturated rings. The molecule has 0 saturated heterocycles. The predicted octanol–water partition coefficient (Wildman–Crippen LogP) is 4.13. The highest BCUT2D eigenvalue weighted by Gasteiger charge is 2.42. The van der Waals surface area contributed by atoms with Gasteiger partial charge in [-0.1, -0.05) is 57.6 Å². The van der Waals surface area contributed by atoms with E-state index in [1.807, 2.05) is 6.08 Å². The number of carbonyl (C=O) groups excluding carboxylic acids is 3. The number of hydrogen-bond donors (Lipinski definition) is 1. The maximum atomic E-state index is 12.5. The van der Waals surface area contributed by atoms with Crippen molar-refractivity contribution in [3.8, 4) is 0 Å². The lowest BCUT2D eigenvalue weighted by Gasteiger charge is -2.21. The smallest absolute Gasteiger partial charge is 0.305 e. The maximum absolute atomic E-state index is 12.5. The molecule has 6 heteroatoms. The van der Waals surface area contributed by atoms with Crippen molar-refractivity contribution < 1.29 is 29.0 Å². The van der Waals surface area contributed by atoms with Crippen LogP contribution in [0.1, 0.15) is 84.5 Å². The van der Waals surface area contributed by atoms with E-state index in [-0.39, 0.29) is 36.0 Å². The molecule has 1 aliphatic carbocycles. The summed E-state index contributed by atoms with van der Waals surface area (Å²) in [7, 11) is 1.39. The molecule has 1 rings (SSSR count). The Morgan fingerprint density at radius 3 is 2.55 bits per heavy atom. The van der Waals surface area contributed by atoms with Gasteiger partial charge in [0.2, 0.25) is 0 Å². The molecule has 0 aromatic carbocycles. The van der Waals surface area contributed by atoms with E-state index in [4.69, 9.17) is 4.74 Å². The number of aliphatic hydroxyl groups is 1. The number of ketones is 1. The standard InChI is InChI=1S/C23H38O6/c1-4-5-8-11-18(25)14-15-20-19(21(26)16-22(20)29-17(2)24)12-9-6-7-10-13-23(27)28-3/h14-15,18-20,22,25H,4-13,16H2,1-3H3/b15-14+. The van der Waals surface area contributed by atoms with Crippen molar-refractivity contribution in [1.82, 2.24) is 0 Å². The van der Waals surface area contributed by atoms with Crippen molar-refractivity contribution in [2.24, 2.45) is 11.8 Å². The Bertz CT molecular complexity index is 541. The summed E-state index contributed by atoms with van der Waals surface area (Å²) in [4.78, 5) is 35.1. The Kier molecular flexibility index (Phi) is 12.5. The van der Waals surface area contributed by atoms with E-state index < -0.39 is 12.2 Å². The first kappa shape index (κ1) is 25.3. The average Bonchev–Trinajstić information content (AvgIpc) is 2.96. The Labute approximate surface area is 175 Å². The third-order valence-electron chi connectivity index (χ3n) is 5.56. The SMILES string of the molecule is CCCCCC(O)/C=C/C1C(OC(C)=O)CC(=O)C1CCCCCCC(=O)OC. The minimum absolute atomic E-state index is 0.126. The molecule has 1 aliphatic rings.